The molecule has 3 aromatic carbocycles. The number of nitrogens with one attached hydrogen (secondary N) is 2. The first kappa shape index (κ1) is 32.1. The summed E-state index contributed by atoms with van der Waals surface area (Å²) in [6.45, 7) is 4.05. The summed E-state index contributed by atoms with van der Waals surface area (Å²) in [4.78, 5) is 20.9. The Morgan fingerprint density at radius 3 is 1.87 bits per heavy atom. The van der Waals surface area contributed by atoms with Crippen LogP contribution >= 0.6 is 0 Å². The number of imidazole rings is 2. The van der Waals surface area contributed by atoms with E-state index in [1.54, 1.807) is 14.2 Å². The summed E-state index contributed by atoms with van der Waals surface area (Å²) in [5, 5.41) is 0. The van der Waals surface area contributed by atoms with Crippen LogP contribution in [-0.2, 0) is 4.74 Å². The second kappa shape index (κ2) is 15.1. The molecule has 0 radical (unpaired) electrons. The van der Waals surface area contributed by atoms with Crippen molar-refractivity contribution in [1.29, 1.82) is 0 Å². The maximum atomic E-state index is 6.23. The van der Waals surface area contributed by atoms with Crippen molar-refractivity contribution in [3.63, 3.8) is 0 Å². The number of nitrogens with zero attached hydrogens (tertiary/aromatic N) is 4. The Labute approximate surface area is 264 Å². The quantitative estimate of drug-likeness (QED) is 0.132. The summed E-state index contributed by atoms with van der Waals surface area (Å²) < 4.78 is 29.3. The summed E-state index contributed by atoms with van der Waals surface area (Å²) in [5.41, 5.74) is 4.94. The molecule has 0 atom stereocenters. The number of aromatic nitrogens is 4. The van der Waals surface area contributed by atoms with Crippen molar-refractivity contribution in [3.05, 3.63) is 48.5 Å². The Balaban J connectivity index is 1.44. The van der Waals surface area contributed by atoms with Crippen LogP contribution in [0.5, 0.6) is 23.0 Å². The number of aromatic amines is 2. The van der Waals surface area contributed by atoms with Crippen LogP contribution in [0.3, 0.4) is 0 Å². The van der Waals surface area contributed by atoms with Gasteiger partial charge in [0.1, 0.15) is 41.3 Å². The second-order valence-corrected chi connectivity index (χ2v) is 11.4. The van der Waals surface area contributed by atoms with Gasteiger partial charge in [0.2, 0.25) is 0 Å². The third-order valence-corrected chi connectivity index (χ3v) is 7.30. The minimum atomic E-state index is 0.370. The molecule has 0 amide bonds. The molecule has 5 rings (SSSR count). The van der Waals surface area contributed by atoms with Crippen molar-refractivity contribution < 1.29 is 23.7 Å². The summed E-state index contributed by atoms with van der Waals surface area (Å²) in [6, 6.07) is 15.7. The highest BCUT2D eigenvalue weighted by atomic mass is 16.5. The van der Waals surface area contributed by atoms with E-state index in [9.17, 15) is 0 Å². The zero-order valence-corrected chi connectivity index (χ0v) is 27.1. The number of methoxy groups -OCH3 is 2. The summed E-state index contributed by atoms with van der Waals surface area (Å²) in [6.07, 6.45) is 1.90. The molecule has 45 heavy (non-hydrogen) atoms. The van der Waals surface area contributed by atoms with Crippen molar-refractivity contribution in [2.75, 3.05) is 81.9 Å². The van der Waals surface area contributed by atoms with E-state index in [2.05, 4.69) is 48.0 Å². The van der Waals surface area contributed by atoms with Gasteiger partial charge in [-0.05, 0) is 77.4 Å². The monoisotopic (exact) mass is 616 g/mol. The van der Waals surface area contributed by atoms with E-state index in [1.165, 1.54) is 0 Å². The molecule has 11 nitrogen and oxygen atoms in total. The molecule has 5 aromatic rings. The molecule has 0 aliphatic carbocycles. The molecule has 0 spiro atoms. The summed E-state index contributed by atoms with van der Waals surface area (Å²) >= 11 is 0. The fourth-order valence-corrected chi connectivity index (χ4v) is 5.00. The van der Waals surface area contributed by atoms with Crippen LogP contribution in [0.25, 0.3) is 44.8 Å². The van der Waals surface area contributed by atoms with Crippen LogP contribution < -0.4 is 18.9 Å². The van der Waals surface area contributed by atoms with Crippen LogP contribution in [0.1, 0.15) is 12.8 Å². The molecule has 2 N–H and O–H groups in total. The van der Waals surface area contributed by atoms with E-state index >= 15 is 0 Å². The molecule has 0 fully saturated rings. The molecule has 2 heterocycles. The Morgan fingerprint density at radius 1 is 0.600 bits per heavy atom. The maximum absolute atomic E-state index is 6.23. The lowest BCUT2D eigenvalue weighted by molar-refractivity contribution is 0.146. The molecular weight excluding hydrogens is 572 g/mol. The topological polar surface area (TPSA) is 110 Å². The molecule has 0 saturated heterocycles. The number of fused-ring (bicyclic) bond motifs is 2. The van der Waals surface area contributed by atoms with Crippen molar-refractivity contribution in [2.24, 2.45) is 0 Å². The molecule has 0 saturated carbocycles. The van der Waals surface area contributed by atoms with Crippen LogP contribution in [0, 0.1) is 0 Å². The van der Waals surface area contributed by atoms with Gasteiger partial charge in [-0.15, -0.1) is 0 Å². The molecule has 0 aliphatic rings. The number of benzene rings is 3. The first-order valence-corrected chi connectivity index (χ1v) is 15.2. The first-order chi connectivity index (χ1) is 21.8. The van der Waals surface area contributed by atoms with Crippen molar-refractivity contribution in [3.8, 4) is 45.8 Å². The molecule has 0 unspecified atom stereocenters. The number of ether oxygens (including phenoxy) is 5. The lowest BCUT2D eigenvalue weighted by Gasteiger charge is -2.14. The average Bonchev–Trinajstić information content (AvgIpc) is 3.65. The lowest BCUT2D eigenvalue weighted by atomic mass is 10.1. The van der Waals surface area contributed by atoms with Crippen molar-refractivity contribution in [1.82, 2.24) is 29.7 Å². The van der Waals surface area contributed by atoms with Crippen LogP contribution in [0.2, 0.25) is 0 Å². The van der Waals surface area contributed by atoms with E-state index in [4.69, 9.17) is 33.7 Å². The number of hydrogen-bond donors (Lipinski definition) is 2. The lowest BCUT2D eigenvalue weighted by Crippen LogP contribution is -2.15. The Bertz CT molecular complexity index is 1700. The van der Waals surface area contributed by atoms with Crippen LogP contribution in [-0.4, -0.2) is 112 Å². The van der Waals surface area contributed by atoms with Gasteiger partial charge in [0.05, 0.1) is 60.1 Å². The van der Waals surface area contributed by atoms with E-state index in [-0.39, 0.29) is 0 Å². The van der Waals surface area contributed by atoms with Gasteiger partial charge in [0.25, 0.3) is 0 Å². The number of H-pyrrole nitrogens is 2. The van der Waals surface area contributed by atoms with Crippen LogP contribution in [0.4, 0.5) is 0 Å². The van der Waals surface area contributed by atoms with Gasteiger partial charge in [-0.3, -0.25) is 0 Å². The highest BCUT2D eigenvalue weighted by molar-refractivity contribution is 5.86. The Kier molecular flexibility index (Phi) is 10.8. The molecule has 0 bridgehead atoms. The molecule has 2 aromatic heterocycles. The predicted molar refractivity (Wildman–Crippen MR) is 178 cm³/mol. The van der Waals surface area contributed by atoms with E-state index < -0.39 is 0 Å². The van der Waals surface area contributed by atoms with Gasteiger partial charge in [-0.25, -0.2) is 9.97 Å². The number of hydrogen-bond acceptors (Lipinski definition) is 9. The van der Waals surface area contributed by atoms with Gasteiger partial charge in [0, 0.05) is 32.3 Å². The third-order valence-electron chi connectivity index (χ3n) is 7.30. The molecule has 11 heteroatoms. The van der Waals surface area contributed by atoms with Gasteiger partial charge in [0.15, 0.2) is 0 Å². The standard InChI is InChI=1S/C34H44N6O5/c1-39(2)13-7-15-43-23-9-11-27-29(19-23)37-33(35-27)25-22-32(45-18-17-41-5)26(21-31(25)42-6)34-36-28-12-10-24(20-30(28)38-34)44-16-8-14-40(3)4/h9-12,19-22H,7-8,13-18H2,1-6H3,(H,35,37)(H,36,38). The smallest absolute Gasteiger partial charge is 0.142 e. The SMILES string of the molecule is COCCOc1cc(-c2nc3cc(OCCCN(C)C)ccc3[nH]2)c(OC)cc1-c1nc2ccc(OCCCN(C)C)cc2[nH]1. The van der Waals surface area contributed by atoms with Crippen molar-refractivity contribution in [2.45, 2.75) is 12.8 Å². The Morgan fingerprint density at radius 2 is 1.20 bits per heavy atom. The average molecular weight is 617 g/mol. The predicted octanol–water partition coefficient (Wildman–Crippen LogP) is 5.47. The van der Waals surface area contributed by atoms with E-state index in [0.29, 0.717) is 49.6 Å². The molecular formula is C34H44N6O5. The van der Waals surface area contributed by atoms with Gasteiger partial charge < -0.3 is 43.5 Å². The zero-order chi connectivity index (χ0) is 31.8. The third kappa shape index (κ3) is 8.24. The fourth-order valence-electron chi connectivity index (χ4n) is 5.00. The molecule has 0 aliphatic heterocycles. The van der Waals surface area contributed by atoms with E-state index in [1.807, 2.05) is 48.5 Å². The largest absolute Gasteiger partial charge is 0.496 e. The van der Waals surface area contributed by atoms with Crippen molar-refractivity contribution >= 4 is 22.1 Å². The second-order valence-electron chi connectivity index (χ2n) is 11.4. The Hall–Kier alpha value is -4.32. The van der Waals surface area contributed by atoms with Gasteiger partial charge in [-0.2, -0.15) is 0 Å². The minimum Gasteiger partial charge on any atom is -0.496 e. The minimum absolute atomic E-state index is 0.370. The maximum Gasteiger partial charge on any atom is 0.142 e. The highest BCUT2D eigenvalue weighted by Gasteiger charge is 2.20. The van der Waals surface area contributed by atoms with Crippen LogP contribution in [0.15, 0.2) is 48.5 Å². The number of rotatable bonds is 17. The fraction of sp³-hybridized carbons (Fsp3) is 0.412. The summed E-state index contributed by atoms with van der Waals surface area (Å²) in [5.74, 6) is 4.18. The highest BCUT2D eigenvalue weighted by Crippen LogP contribution is 2.40. The first-order valence-electron chi connectivity index (χ1n) is 15.2. The van der Waals surface area contributed by atoms with Gasteiger partial charge in [-0.1, -0.05) is 0 Å². The zero-order valence-electron chi connectivity index (χ0n) is 27.1. The molecule has 240 valence electrons. The van der Waals surface area contributed by atoms with Gasteiger partial charge >= 0.3 is 0 Å². The normalized spacial score (nSPS) is 11.6. The van der Waals surface area contributed by atoms with E-state index in [0.717, 1.165) is 70.6 Å². The summed E-state index contributed by atoms with van der Waals surface area (Å²) in [7, 11) is 11.5.